The van der Waals surface area contributed by atoms with Crippen molar-refractivity contribution < 1.29 is 27.8 Å². The summed E-state index contributed by atoms with van der Waals surface area (Å²) in [6.45, 7) is 0.769. The van der Waals surface area contributed by atoms with Gasteiger partial charge in [-0.25, -0.2) is 8.78 Å². The molecule has 2 aromatic rings. The number of carbonyl (C=O) groups excluding carboxylic acids is 1. The maximum atomic E-state index is 13.6. The van der Waals surface area contributed by atoms with Crippen molar-refractivity contribution in [3.63, 3.8) is 0 Å². The molecule has 0 aromatic heterocycles. The minimum Gasteiger partial charge on any atom is -0.493 e. The number of ketones is 1. The van der Waals surface area contributed by atoms with Gasteiger partial charge in [-0.1, -0.05) is 12.1 Å². The number of carbonyl (C=O) groups is 1. The van der Waals surface area contributed by atoms with Crippen molar-refractivity contribution in [2.45, 2.75) is 0 Å². The van der Waals surface area contributed by atoms with Gasteiger partial charge >= 0.3 is 0 Å². The molecule has 0 atom stereocenters. The summed E-state index contributed by atoms with van der Waals surface area (Å²) in [5.41, 5.74) is 0.337. The molecule has 2 aromatic carbocycles. The Morgan fingerprint density at radius 3 is 2.60 bits per heavy atom. The quantitative estimate of drug-likeness (QED) is 0.412. The maximum absolute atomic E-state index is 13.6. The van der Waals surface area contributed by atoms with Crippen LogP contribution in [0, 0.1) is 11.6 Å². The van der Waals surface area contributed by atoms with Crippen molar-refractivity contribution in [3.8, 4) is 11.5 Å². The molecule has 0 N–H and O–H groups in total. The first-order valence-corrected chi connectivity index (χ1v) is 7.53. The van der Waals surface area contributed by atoms with Crippen molar-refractivity contribution >= 4 is 11.9 Å². The minimum absolute atomic E-state index is 0.000154. The Morgan fingerprint density at radius 2 is 1.88 bits per heavy atom. The smallest absolute Gasteiger partial charge is 0.185 e. The van der Waals surface area contributed by atoms with E-state index in [9.17, 15) is 13.6 Å². The summed E-state index contributed by atoms with van der Waals surface area (Å²) in [5, 5.41) is 0. The number of hydrogen-bond acceptors (Lipinski definition) is 4. The first-order valence-electron chi connectivity index (χ1n) is 7.53. The molecule has 0 unspecified atom stereocenters. The average molecular weight is 348 g/mol. The monoisotopic (exact) mass is 348 g/mol. The molecule has 25 heavy (non-hydrogen) atoms. The van der Waals surface area contributed by atoms with Crippen LogP contribution in [-0.4, -0.2) is 33.2 Å². The van der Waals surface area contributed by atoms with E-state index in [2.05, 4.69) is 0 Å². The highest BCUT2D eigenvalue weighted by Gasteiger charge is 2.10. The highest BCUT2D eigenvalue weighted by molar-refractivity contribution is 6.07. The summed E-state index contributed by atoms with van der Waals surface area (Å²) < 4.78 is 42.4. The molecule has 0 aliphatic carbocycles. The minimum atomic E-state index is -0.994. The highest BCUT2D eigenvalue weighted by atomic mass is 19.2. The van der Waals surface area contributed by atoms with Crippen LogP contribution in [0.1, 0.15) is 15.9 Å². The fraction of sp³-hybridized carbons (Fsp3) is 0.211. The van der Waals surface area contributed by atoms with Crippen LogP contribution < -0.4 is 9.47 Å². The summed E-state index contributed by atoms with van der Waals surface area (Å²) in [5.74, 6) is -1.45. The predicted octanol–water partition coefficient (Wildman–Crippen LogP) is 3.89. The fourth-order valence-corrected chi connectivity index (χ4v) is 2.09. The van der Waals surface area contributed by atoms with Gasteiger partial charge in [0.05, 0.1) is 13.7 Å². The zero-order valence-corrected chi connectivity index (χ0v) is 13.9. The molecule has 0 heterocycles. The van der Waals surface area contributed by atoms with Gasteiger partial charge in [0.2, 0.25) is 0 Å². The summed E-state index contributed by atoms with van der Waals surface area (Å²) in [7, 11) is 3.03. The number of hydrogen-bond donors (Lipinski definition) is 0. The van der Waals surface area contributed by atoms with E-state index in [0.29, 0.717) is 30.3 Å². The molecule has 6 heteroatoms. The molecule has 4 nitrogen and oxygen atoms in total. The van der Waals surface area contributed by atoms with Gasteiger partial charge in [-0.2, -0.15) is 0 Å². The average Bonchev–Trinajstić information content (AvgIpc) is 2.63. The standard InChI is InChI=1S/C19H18F2O4/c1-23-10-11-25-17-9-7-14(12-18(17)24-2)16(22)8-6-13-4-3-5-15(20)19(13)21/h3-9,12H,10-11H2,1-2H3/b8-6+. The molecule has 0 aliphatic heterocycles. The predicted molar refractivity (Wildman–Crippen MR) is 90.1 cm³/mol. The Bertz CT molecular complexity index is 772. The van der Waals surface area contributed by atoms with E-state index in [-0.39, 0.29) is 11.3 Å². The van der Waals surface area contributed by atoms with Crippen LogP contribution in [0.25, 0.3) is 6.08 Å². The fourth-order valence-electron chi connectivity index (χ4n) is 2.09. The lowest BCUT2D eigenvalue weighted by atomic mass is 10.1. The largest absolute Gasteiger partial charge is 0.493 e. The van der Waals surface area contributed by atoms with Crippen LogP contribution in [0.4, 0.5) is 8.78 Å². The second kappa shape index (κ2) is 8.94. The number of rotatable bonds is 8. The van der Waals surface area contributed by atoms with Gasteiger partial charge in [0.25, 0.3) is 0 Å². The molecule has 0 fully saturated rings. The molecule has 0 saturated carbocycles. The molecule has 0 amide bonds. The molecule has 0 radical (unpaired) electrons. The van der Waals surface area contributed by atoms with Crippen LogP contribution in [0.3, 0.4) is 0 Å². The van der Waals surface area contributed by atoms with Crippen molar-refractivity contribution in [2.24, 2.45) is 0 Å². The van der Waals surface area contributed by atoms with Crippen LogP contribution in [0.15, 0.2) is 42.5 Å². The van der Waals surface area contributed by atoms with Crippen molar-refractivity contribution in [1.82, 2.24) is 0 Å². The topological polar surface area (TPSA) is 44.8 Å². The number of halogens is 2. The third-order valence-electron chi connectivity index (χ3n) is 3.39. The van der Waals surface area contributed by atoms with Gasteiger partial charge in [-0.3, -0.25) is 4.79 Å². The summed E-state index contributed by atoms with van der Waals surface area (Å²) in [4.78, 5) is 12.2. The number of allylic oxidation sites excluding steroid dienone is 1. The second-order valence-corrected chi connectivity index (χ2v) is 5.05. The zero-order chi connectivity index (χ0) is 18.2. The van der Waals surface area contributed by atoms with Crippen LogP contribution >= 0.6 is 0 Å². The van der Waals surface area contributed by atoms with Crippen LogP contribution in [0.5, 0.6) is 11.5 Å². The van der Waals surface area contributed by atoms with Crippen molar-refractivity contribution in [3.05, 3.63) is 65.2 Å². The normalized spacial score (nSPS) is 10.9. The number of methoxy groups -OCH3 is 2. The maximum Gasteiger partial charge on any atom is 0.185 e. The van der Waals surface area contributed by atoms with Gasteiger partial charge in [0, 0.05) is 18.2 Å². The first-order chi connectivity index (χ1) is 12.1. The van der Waals surface area contributed by atoms with Crippen molar-refractivity contribution in [1.29, 1.82) is 0 Å². The lowest BCUT2D eigenvalue weighted by Gasteiger charge is -2.11. The zero-order valence-electron chi connectivity index (χ0n) is 13.9. The van der Waals surface area contributed by atoms with Gasteiger partial charge < -0.3 is 14.2 Å². The molecule has 132 valence electrons. The summed E-state index contributed by atoms with van der Waals surface area (Å²) >= 11 is 0. The SMILES string of the molecule is COCCOc1ccc(C(=O)/C=C/c2cccc(F)c2F)cc1OC. The van der Waals surface area contributed by atoms with Crippen LogP contribution in [-0.2, 0) is 4.74 Å². The Morgan fingerprint density at radius 1 is 1.08 bits per heavy atom. The summed E-state index contributed by atoms with van der Waals surface area (Å²) in [6.07, 6.45) is 2.41. The van der Waals surface area contributed by atoms with Crippen molar-refractivity contribution in [2.75, 3.05) is 27.4 Å². The number of ether oxygens (including phenoxy) is 3. The summed E-state index contributed by atoms with van der Waals surface area (Å²) in [6, 6.07) is 8.48. The van der Waals surface area contributed by atoms with Gasteiger partial charge in [0.15, 0.2) is 28.9 Å². The van der Waals surface area contributed by atoms with E-state index >= 15 is 0 Å². The third-order valence-corrected chi connectivity index (χ3v) is 3.39. The Balaban J connectivity index is 2.16. The molecule has 0 bridgehead atoms. The molecule has 0 spiro atoms. The van der Waals surface area contributed by atoms with E-state index in [0.717, 1.165) is 6.07 Å². The number of benzene rings is 2. The molecule has 0 saturated heterocycles. The second-order valence-electron chi connectivity index (χ2n) is 5.05. The molecular formula is C19H18F2O4. The van der Waals surface area contributed by atoms with Crippen LogP contribution in [0.2, 0.25) is 0 Å². The van der Waals surface area contributed by atoms with Gasteiger partial charge in [-0.05, 0) is 36.4 Å². The van der Waals surface area contributed by atoms with E-state index in [4.69, 9.17) is 14.2 Å². The molecular weight excluding hydrogens is 330 g/mol. The molecule has 2 rings (SSSR count). The lowest BCUT2D eigenvalue weighted by Crippen LogP contribution is -2.06. The Labute approximate surface area is 144 Å². The lowest BCUT2D eigenvalue weighted by molar-refractivity contribution is 0.104. The van der Waals surface area contributed by atoms with Gasteiger partial charge in [-0.15, -0.1) is 0 Å². The van der Waals surface area contributed by atoms with E-state index in [1.807, 2.05) is 0 Å². The van der Waals surface area contributed by atoms with E-state index in [1.54, 1.807) is 19.2 Å². The Hall–Kier alpha value is -2.73. The third kappa shape index (κ3) is 4.87. The van der Waals surface area contributed by atoms with E-state index < -0.39 is 11.6 Å². The Kier molecular flexibility index (Phi) is 6.65. The molecule has 0 aliphatic rings. The highest BCUT2D eigenvalue weighted by Crippen LogP contribution is 2.28. The van der Waals surface area contributed by atoms with Gasteiger partial charge in [0.1, 0.15) is 6.61 Å². The van der Waals surface area contributed by atoms with E-state index in [1.165, 1.54) is 37.5 Å². The first kappa shape index (κ1) is 18.6.